The van der Waals surface area contributed by atoms with Crippen molar-refractivity contribution >= 4 is 27.5 Å². The van der Waals surface area contributed by atoms with Gasteiger partial charge >= 0.3 is 6.01 Å². The van der Waals surface area contributed by atoms with Crippen LogP contribution in [0.1, 0.15) is 57.2 Å². The van der Waals surface area contributed by atoms with Crippen LogP contribution in [0.4, 0.5) is 19.0 Å². The van der Waals surface area contributed by atoms with Crippen LogP contribution in [-0.2, 0) is 12.8 Å². The summed E-state index contributed by atoms with van der Waals surface area (Å²) in [5.41, 5.74) is 1.83. The molecule has 7 nitrogen and oxygen atoms in total. The molecule has 4 fully saturated rings. The SMILES string of the molecule is CCc1c(F)ccc2cccc(-c3nc4c5c(nc(OC[C@@]67CCCN6C[C@H](F)C7)nc5c3F)N3C[C@H]5CC[C@H](N5)[C@H]3[C@H](C)C4)c12. The molecule has 46 heavy (non-hydrogen) atoms. The molecule has 240 valence electrons. The Kier molecular flexibility index (Phi) is 6.55. The maximum Gasteiger partial charge on any atom is 0.319 e. The minimum atomic E-state index is -0.878. The lowest BCUT2D eigenvalue weighted by Gasteiger charge is -2.43. The third kappa shape index (κ3) is 4.21. The fourth-order valence-electron chi connectivity index (χ4n) is 9.62. The van der Waals surface area contributed by atoms with E-state index in [9.17, 15) is 4.39 Å². The van der Waals surface area contributed by atoms with Gasteiger partial charge in [-0.1, -0.05) is 38.1 Å². The van der Waals surface area contributed by atoms with Crippen LogP contribution < -0.4 is 15.0 Å². The summed E-state index contributed by atoms with van der Waals surface area (Å²) in [6, 6.07) is 9.77. The zero-order valence-electron chi connectivity index (χ0n) is 26.3. The van der Waals surface area contributed by atoms with Crippen molar-refractivity contribution in [2.75, 3.05) is 31.1 Å². The van der Waals surface area contributed by atoms with Crippen LogP contribution >= 0.6 is 0 Å². The molecule has 4 aromatic rings. The Balaban J connectivity index is 1.25. The molecule has 9 rings (SSSR count). The average Bonchev–Trinajstić information content (AvgIpc) is 3.69. The van der Waals surface area contributed by atoms with Gasteiger partial charge in [0, 0.05) is 43.2 Å². The van der Waals surface area contributed by atoms with E-state index >= 15 is 8.78 Å². The highest BCUT2D eigenvalue weighted by Crippen LogP contribution is 2.45. The summed E-state index contributed by atoms with van der Waals surface area (Å²) in [7, 11) is 0. The summed E-state index contributed by atoms with van der Waals surface area (Å²) in [5.74, 6) is 0.0270. The Morgan fingerprint density at radius 2 is 1.96 bits per heavy atom. The average molecular weight is 629 g/mol. The van der Waals surface area contributed by atoms with Crippen molar-refractivity contribution in [2.24, 2.45) is 5.92 Å². The van der Waals surface area contributed by atoms with E-state index < -0.39 is 12.0 Å². The number of aromatic nitrogens is 3. The van der Waals surface area contributed by atoms with Gasteiger partial charge in [-0.3, -0.25) is 4.90 Å². The summed E-state index contributed by atoms with van der Waals surface area (Å²) >= 11 is 0. The third-order valence-electron chi connectivity index (χ3n) is 11.6. The number of rotatable bonds is 5. The number of alkyl halides is 1. The van der Waals surface area contributed by atoms with Gasteiger partial charge in [0.2, 0.25) is 0 Å². The van der Waals surface area contributed by atoms with E-state index in [0.29, 0.717) is 65.6 Å². The van der Waals surface area contributed by atoms with E-state index in [1.54, 1.807) is 6.07 Å². The van der Waals surface area contributed by atoms with Crippen molar-refractivity contribution in [2.45, 2.75) is 88.6 Å². The van der Waals surface area contributed by atoms with Crippen molar-refractivity contribution in [3.8, 4) is 17.3 Å². The van der Waals surface area contributed by atoms with Crippen LogP contribution in [0.2, 0.25) is 0 Å². The number of aryl methyl sites for hydroxylation is 1. The van der Waals surface area contributed by atoms with Crippen molar-refractivity contribution < 1.29 is 17.9 Å². The van der Waals surface area contributed by atoms with Crippen LogP contribution in [0, 0.1) is 17.6 Å². The smallest absolute Gasteiger partial charge is 0.319 e. The van der Waals surface area contributed by atoms with E-state index in [1.807, 2.05) is 25.1 Å². The Morgan fingerprint density at radius 3 is 2.83 bits per heavy atom. The molecule has 0 spiro atoms. The van der Waals surface area contributed by atoms with Crippen LogP contribution in [0.3, 0.4) is 0 Å². The predicted octanol–water partition coefficient (Wildman–Crippen LogP) is 6.14. The van der Waals surface area contributed by atoms with E-state index in [2.05, 4.69) is 22.0 Å². The van der Waals surface area contributed by atoms with Gasteiger partial charge in [0.25, 0.3) is 0 Å². The lowest BCUT2D eigenvalue weighted by molar-refractivity contribution is 0.107. The number of hydrogen-bond acceptors (Lipinski definition) is 7. The fraction of sp³-hybridized carbons (Fsp3) is 0.528. The first-order valence-corrected chi connectivity index (χ1v) is 17.0. The minimum Gasteiger partial charge on any atom is -0.461 e. The van der Waals surface area contributed by atoms with Crippen LogP contribution in [0.5, 0.6) is 6.01 Å². The van der Waals surface area contributed by atoms with Gasteiger partial charge in [0.1, 0.15) is 35.6 Å². The number of piperazine rings is 1. The fourth-order valence-corrected chi connectivity index (χ4v) is 9.62. The van der Waals surface area contributed by atoms with E-state index in [1.165, 1.54) is 6.07 Å². The number of nitrogens with one attached hydrogen (secondary N) is 1. The zero-order chi connectivity index (χ0) is 31.3. The number of anilines is 1. The molecule has 0 radical (unpaired) electrons. The van der Waals surface area contributed by atoms with Crippen LogP contribution in [0.25, 0.3) is 32.9 Å². The van der Waals surface area contributed by atoms with Crippen molar-refractivity contribution in [1.82, 2.24) is 25.2 Å². The number of halogens is 3. The molecule has 0 amide bonds. The molecule has 5 aliphatic rings. The number of fused-ring (bicyclic) bond motifs is 7. The van der Waals surface area contributed by atoms with Crippen LogP contribution in [-0.4, -0.2) is 75.9 Å². The third-order valence-corrected chi connectivity index (χ3v) is 11.6. The summed E-state index contributed by atoms with van der Waals surface area (Å²) in [4.78, 5) is 19.4. The number of benzene rings is 2. The molecule has 7 heterocycles. The second-order valence-electron chi connectivity index (χ2n) is 14.3. The first-order valence-electron chi connectivity index (χ1n) is 17.0. The maximum absolute atomic E-state index is 17.2. The Labute approximate surface area is 266 Å². The topological polar surface area (TPSA) is 66.4 Å². The second-order valence-corrected chi connectivity index (χ2v) is 14.3. The Hall–Kier alpha value is -3.50. The molecule has 6 atom stereocenters. The second kappa shape index (κ2) is 10.5. The summed E-state index contributed by atoms with van der Waals surface area (Å²) in [6.45, 7) is 6.47. The minimum absolute atomic E-state index is 0.116. The van der Waals surface area contributed by atoms with Gasteiger partial charge in [0.15, 0.2) is 5.82 Å². The zero-order valence-corrected chi connectivity index (χ0v) is 26.3. The summed E-state index contributed by atoms with van der Waals surface area (Å²) in [6.07, 6.45) is 4.70. The molecule has 4 saturated heterocycles. The molecule has 10 heteroatoms. The van der Waals surface area contributed by atoms with Gasteiger partial charge in [-0.05, 0) is 73.4 Å². The van der Waals surface area contributed by atoms with Gasteiger partial charge in [-0.25, -0.2) is 18.2 Å². The van der Waals surface area contributed by atoms with Gasteiger partial charge in [-0.15, -0.1) is 0 Å². The first-order chi connectivity index (χ1) is 22.3. The lowest BCUT2D eigenvalue weighted by Crippen LogP contribution is -2.60. The number of nitrogens with zero attached hydrogens (tertiary/aromatic N) is 5. The van der Waals surface area contributed by atoms with Crippen molar-refractivity contribution in [3.05, 3.63) is 53.2 Å². The van der Waals surface area contributed by atoms with E-state index in [0.717, 1.165) is 49.9 Å². The molecule has 5 aliphatic heterocycles. The summed E-state index contributed by atoms with van der Waals surface area (Å²) in [5, 5.41) is 5.96. The van der Waals surface area contributed by atoms with Crippen molar-refractivity contribution in [1.29, 1.82) is 0 Å². The van der Waals surface area contributed by atoms with Gasteiger partial charge in [-0.2, -0.15) is 9.97 Å². The quantitative estimate of drug-likeness (QED) is 0.285. The molecule has 0 aliphatic carbocycles. The molecule has 2 aromatic carbocycles. The highest BCUT2D eigenvalue weighted by molar-refractivity contribution is 6.01. The van der Waals surface area contributed by atoms with E-state index in [4.69, 9.17) is 19.7 Å². The van der Waals surface area contributed by atoms with Gasteiger partial charge < -0.3 is 15.0 Å². The number of ether oxygens (including phenoxy) is 1. The molecule has 2 bridgehead atoms. The molecule has 2 aromatic heterocycles. The monoisotopic (exact) mass is 628 g/mol. The van der Waals surface area contributed by atoms with Crippen molar-refractivity contribution in [3.63, 3.8) is 0 Å². The van der Waals surface area contributed by atoms with E-state index in [-0.39, 0.29) is 47.1 Å². The molecular weight excluding hydrogens is 589 g/mol. The standard InChI is InChI=1S/C36H39F3N6O/c1-3-23-25(38)10-8-20-6-4-7-24(28(20)23)31-30(39)32-29-27(41-31)14-19(2)33-26-11-9-22(40-26)17-45(33)34(29)43-35(42-32)46-18-36-12-5-13-44(36)16-21(37)15-36/h4,6-8,10,19,21-22,26,33,40H,3,5,9,11-18H2,1-2H3/t19-,21-,22-,26+,33-,36+/m1/s1. The normalized spacial score (nSPS) is 30.2. The highest BCUT2D eigenvalue weighted by Gasteiger charge is 2.50. The molecular formula is C36H39F3N6O. The first kappa shape index (κ1) is 28.7. The lowest BCUT2D eigenvalue weighted by atomic mass is 9.89. The molecule has 1 N–H and O–H groups in total. The largest absolute Gasteiger partial charge is 0.461 e. The predicted molar refractivity (Wildman–Crippen MR) is 172 cm³/mol. The molecule has 0 unspecified atom stereocenters. The Bertz CT molecular complexity index is 1890. The Morgan fingerprint density at radius 1 is 1.07 bits per heavy atom. The molecule has 0 saturated carbocycles. The summed E-state index contributed by atoms with van der Waals surface area (Å²) < 4.78 is 53.2. The van der Waals surface area contributed by atoms with Crippen LogP contribution in [0.15, 0.2) is 30.3 Å². The number of hydrogen-bond donors (Lipinski definition) is 1. The van der Waals surface area contributed by atoms with Gasteiger partial charge in [0.05, 0.1) is 16.6 Å². The maximum atomic E-state index is 17.2. The number of pyridine rings is 1. The highest BCUT2D eigenvalue weighted by atomic mass is 19.1.